The van der Waals surface area contributed by atoms with Gasteiger partial charge in [-0.3, -0.25) is 10.9 Å². The summed E-state index contributed by atoms with van der Waals surface area (Å²) in [6, 6.07) is 0. The van der Waals surface area contributed by atoms with Crippen LogP contribution >= 0.6 is 24.4 Å². The summed E-state index contributed by atoms with van der Waals surface area (Å²) in [5.41, 5.74) is 5.11. The van der Waals surface area contributed by atoms with E-state index in [-0.39, 0.29) is 17.1 Å². The number of rotatable bonds is 3. The zero-order valence-electron chi connectivity index (χ0n) is 8.17. The Bertz CT molecular complexity index is 228. The average molecular weight is 296 g/mol. The smallest absolute Gasteiger partial charge is 0.186 e. The average Bonchev–Trinajstić information content (AvgIpc) is 2.22. The number of nitrogens with one attached hydrogen (secondary N) is 4. The molecule has 9 heteroatoms. The molecule has 89 valence electrons. The topological polar surface area (TPSA) is 72.8 Å². The molecule has 1 radical (unpaired) electrons. The molecule has 4 N–H and O–H groups in total. The maximum Gasteiger partial charge on any atom is 0.186 e. The van der Waals surface area contributed by atoms with Crippen LogP contribution in [0.25, 0.3) is 0 Å². The fourth-order valence-electron chi connectivity index (χ4n) is 0.370. The van der Waals surface area contributed by atoms with Crippen LogP contribution in [0.3, 0.4) is 0 Å². The molecule has 0 aliphatic heterocycles. The summed E-state index contributed by atoms with van der Waals surface area (Å²) in [6.07, 6.45) is 2.88. The van der Waals surface area contributed by atoms with Gasteiger partial charge in [0.1, 0.15) is 0 Å². The van der Waals surface area contributed by atoms with E-state index in [0.29, 0.717) is 10.2 Å². The first-order valence-corrected chi connectivity index (χ1v) is 4.52. The van der Waals surface area contributed by atoms with E-state index in [2.05, 4.69) is 31.7 Å². The van der Waals surface area contributed by atoms with Crippen molar-refractivity contribution < 1.29 is 17.1 Å². The van der Waals surface area contributed by atoms with Crippen molar-refractivity contribution in [3.8, 4) is 0 Å². The minimum Gasteiger partial charge on any atom is -0.364 e. The van der Waals surface area contributed by atoms with Crippen molar-refractivity contribution in [3.63, 3.8) is 0 Å². The van der Waals surface area contributed by atoms with Crippen LogP contribution in [0.15, 0.2) is 10.2 Å². The van der Waals surface area contributed by atoms with Gasteiger partial charge in [-0.15, -0.1) is 0 Å². The number of nitrogens with zero attached hydrogens (tertiary/aromatic N) is 2. The Morgan fingerprint density at radius 1 is 0.933 bits per heavy atom. The van der Waals surface area contributed by atoms with Crippen LogP contribution in [0.4, 0.5) is 0 Å². The van der Waals surface area contributed by atoms with Crippen LogP contribution in [0.5, 0.6) is 0 Å². The normalized spacial score (nSPS) is 9.47. The minimum atomic E-state index is 0. The summed E-state index contributed by atoms with van der Waals surface area (Å²) < 4.78 is 0. The van der Waals surface area contributed by atoms with Gasteiger partial charge in [0.2, 0.25) is 0 Å². The molecule has 0 saturated carbocycles. The predicted molar refractivity (Wildman–Crippen MR) is 66.6 cm³/mol. The molecule has 15 heavy (non-hydrogen) atoms. The molecular weight excluding hydrogens is 284 g/mol. The molecule has 0 aliphatic carbocycles. The Morgan fingerprint density at radius 2 is 1.27 bits per heavy atom. The van der Waals surface area contributed by atoms with Crippen molar-refractivity contribution in [1.29, 1.82) is 0 Å². The van der Waals surface area contributed by atoms with E-state index >= 15 is 0 Å². The quantitative estimate of drug-likeness (QED) is 0.235. The molecule has 0 aromatic heterocycles. The molecule has 0 atom stereocenters. The Hall–Kier alpha value is -0.761. The Morgan fingerprint density at radius 3 is 1.53 bits per heavy atom. The van der Waals surface area contributed by atoms with Gasteiger partial charge in [-0.05, 0) is 24.4 Å². The molecule has 0 aromatic carbocycles. The first-order valence-electron chi connectivity index (χ1n) is 3.71. The standard InChI is InChI=1S/C6H12N6S2.Cu/c1-7-5(13)11-9-3-4-10-12-6(14)8-2;/h3-4H,1-2H3,(H2,7,11,13)(H2,8,12,14);. The molecule has 0 heterocycles. The van der Waals surface area contributed by atoms with E-state index in [1.807, 2.05) is 0 Å². The molecule has 0 amide bonds. The first kappa shape index (κ1) is 16.7. The van der Waals surface area contributed by atoms with Gasteiger partial charge in [0.05, 0.1) is 12.4 Å². The van der Waals surface area contributed by atoms with Gasteiger partial charge in [0, 0.05) is 31.2 Å². The second-order valence-corrected chi connectivity index (χ2v) is 2.75. The Balaban J connectivity index is 0. The summed E-state index contributed by atoms with van der Waals surface area (Å²) >= 11 is 9.53. The van der Waals surface area contributed by atoms with E-state index in [9.17, 15) is 0 Å². The number of hydrogen-bond donors (Lipinski definition) is 4. The number of hydrazone groups is 2. The Kier molecular flexibility index (Phi) is 12.6. The maximum atomic E-state index is 4.77. The minimum absolute atomic E-state index is 0. The van der Waals surface area contributed by atoms with Crippen molar-refractivity contribution in [3.05, 3.63) is 0 Å². The zero-order valence-corrected chi connectivity index (χ0v) is 10.7. The first-order chi connectivity index (χ1) is 6.70. The molecule has 6 nitrogen and oxygen atoms in total. The third-order valence-corrected chi connectivity index (χ3v) is 1.59. The molecule has 0 fully saturated rings. The van der Waals surface area contributed by atoms with Crippen LogP contribution in [0.2, 0.25) is 0 Å². The molecular formula is C6H12CuN6S2. The summed E-state index contributed by atoms with van der Waals surface area (Å²) in [4.78, 5) is 0. The molecule has 0 aliphatic rings. The molecule has 0 bridgehead atoms. The van der Waals surface area contributed by atoms with Crippen molar-refractivity contribution >= 4 is 47.1 Å². The molecule has 0 rings (SSSR count). The monoisotopic (exact) mass is 295 g/mol. The summed E-state index contributed by atoms with van der Waals surface area (Å²) in [5, 5.41) is 13.7. The molecule has 0 spiro atoms. The predicted octanol–water partition coefficient (Wildman–Crippen LogP) is -0.857. The third-order valence-electron chi connectivity index (χ3n) is 1.00. The van der Waals surface area contributed by atoms with Crippen molar-refractivity contribution in [2.45, 2.75) is 0 Å². The zero-order chi connectivity index (χ0) is 10.8. The second-order valence-electron chi connectivity index (χ2n) is 1.94. The summed E-state index contributed by atoms with van der Waals surface area (Å²) in [7, 11) is 3.40. The number of thiocarbonyl (C=S) groups is 2. The second kappa shape index (κ2) is 11.3. The SMILES string of the molecule is CNC(=S)NN=CC=NNC(=S)NC.[Cu]. The van der Waals surface area contributed by atoms with Crippen molar-refractivity contribution in [2.24, 2.45) is 10.2 Å². The van der Waals surface area contributed by atoms with Gasteiger partial charge in [-0.25, -0.2) is 0 Å². The van der Waals surface area contributed by atoms with Crippen LogP contribution in [-0.4, -0.2) is 36.7 Å². The van der Waals surface area contributed by atoms with Crippen LogP contribution in [-0.2, 0) is 17.1 Å². The Labute approximate surface area is 110 Å². The van der Waals surface area contributed by atoms with E-state index in [0.717, 1.165) is 0 Å². The van der Waals surface area contributed by atoms with Crippen LogP contribution in [0.1, 0.15) is 0 Å². The largest absolute Gasteiger partial charge is 0.364 e. The van der Waals surface area contributed by atoms with Crippen molar-refractivity contribution in [2.75, 3.05) is 14.1 Å². The van der Waals surface area contributed by atoms with Gasteiger partial charge < -0.3 is 10.6 Å². The van der Waals surface area contributed by atoms with Crippen LogP contribution < -0.4 is 21.5 Å². The van der Waals surface area contributed by atoms with Crippen LogP contribution in [0, 0.1) is 0 Å². The van der Waals surface area contributed by atoms with E-state index < -0.39 is 0 Å². The van der Waals surface area contributed by atoms with E-state index in [1.165, 1.54) is 12.4 Å². The maximum absolute atomic E-state index is 4.77. The van der Waals surface area contributed by atoms with E-state index in [1.54, 1.807) is 14.1 Å². The molecule has 0 saturated heterocycles. The van der Waals surface area contributed by atoms with Crippen molar-refractivity contribution in [1.82, 2.24) is 21.5 Å². The fraction of sp³-hybridized carbons (Fsp3) is 0.333. The molecule has 0 unspecified atom stereocenters. The molecule has 0 aromatic rings. The van der Waals surface area contributed by atoms with Gasteiger partial charge in [-0.1, -0.05) is 0 Å². The number of hydrogen-bond acceptors (Lipinski definition) is 4. The van der Waals surface area contributed by atoms with E-state index in [4.69, 9.17) is 24.4 Å². The van der Waals surface area contributed by atoms with Gasteiger partial charge in [0.15, 0.2) is 10.2 Å². The summed E-state index contributed by atoms with van der Waals surface area (Å²) in [5.74, 6) is 0. The fourth-order valence-corrected chi connectivity index (χ4v) is 0.476. The summed E-state index contributed by atoms with van der Waals surface area (Å²) in [6.45, 7) is 0. The van der Waals surface area contributed by atoms with Gasteiger partial charge >= 0.3 is 0 Å². The van der Waals surface area contributed by atoms with Gasteiger partial charge in [-0.2, -0.15) is 10.2 Å². The third kappa shape index (κ3) is 11.2. The van der Waals surface area contributed by atoms with Gasteiger partial charge in [0.25, 0.3) is 0 Å².